The fourth-order valence-electron chi connectivity index (χ4n) is 2.40. The van der Waals surface area contributed by atoms with Crippen LogP contribution in [0.5, 0.6) is 0 Å². The van der Waals surface area contributed by atoms with Gasteiger partial charge in [-0.1, -0.05) is 11.6 Å². The van der Waals surface area contributed by atoms with Gasteiger partial charge in [0.25, 0.3) is 0 Å². The number of nitrogens with zero attached hydrogens (tertiary/aromatic N) is 2. The lowest BCUT2D eigenvalue weighted by Gasteiger charge is -2.19. The lowest BCUT2D eigenvalue weighted by atomic mass is 9.94. The summed E-state index contributed by atoms with van der Waals surface area (Å²) in [6.07, 6.45) is 5.13. The highest BCUT2D eigenvalue weighted by Crippen LogP contribution is 2.29. The van der Waals surface area contributed by atoms with E-state index in [9.17, 15) is 0 Å². The van der Waals surface area contributed by atoms with Crippen molar-refractivity contribution in [3.05, 3.63) is 46.7 Å². The summed E-state index contributed by atoms with van der Waals surface area (Å²) in [5, 5.41) is 5.18. The SMILES string of the molecule is NC1CCCc2c1cnn2-c1ccc(Cl)cc1. The van der Waals surface area contributed by atoms with Gasteiger partial charge in [0.05, 0.1) is 11.9 Å². The molecule has 1 aromatic carbocycles. The first-order chi connectivity index (χ1) is 8.25. The topological polar surface area (TPSA) is 43.8 Å². The molecule has 1 aliphatic rings. The second-order valence-corrected chi connectivity index (χ2v) is 4.87. The van der Waals surface area contributed by atoms with E-state index in [2.05, 4.69) is 5.10 Å². The van der Waals surface area contributed by atoms with E-state index in [1.165, 1.54) is 11.3 Å². The van der Waals surface area contributed by atoms with Crippen molar-refractivity contribution in [2.75, 3.05) is 0 Å². The van der Waals surface area contributed by atoms with Crippen LogP contribution in [0.1, 0.15) is 30.1 Å². The largest absolute Gasteiger partial charge is 0.324 e. The predicted octanol–water partition coefficient (Wildman–Crippen LogP) is 2.86. The van der Waals surface area contributed by atoms with Gasteiger partial charge < -0.3 is 5.73 Å². The van der Waals surface area contributed by atoms with Crippen molar-refractivity contribution in [3.8, 4) is 5.69 Å². The maximum atomic E-state index is 6.09. The minimum atomic E-state index is 0.139. The highest BCUT2D eigenvalue weighted by atomic mass is 35.5. The van der Waals surface area contributed by atoms with E-state index >= 15 is 0 Å². The summed E-state index contributed by atoms with van der Waals surface area (Å²) in [5.74, 6) is 0. The van der Waals surface area contributed by atoms with Crippen molar-refractivity contribution in [2.45, 2.75) is 25.3 Å². The fourth-order valence-corrected chi connectivity index (χ4v) is 2.52. The molecule has 3 rings (SSSR count). The van der Waals surface area contributed by atoms with Gasteiger partial charge in [-0.2, -0.15) is 5.10 Å². The molecule has 17 heavy (non-hydrogen) atoms. The quantitative estimate of drug-likeness (QED) is 0.842. The molecule has 0 spiro atoms. The maximum absolute atomic E-state index is 6.09. The van der Waals surface area contributed by atoms with Crippen LogP contribution >= 0.6 is 11.6 Å². The van der Waals surface area contributed by atoms with Gasteiger partial charge in [-0.05, 0) is 43.5 Å². The molecule has 0 fully saturated rings. The van der Waals surface area contributed by atoms with E-state index in [1.807, 2.05) is 35.1 Å². The summed E-state index contributed by atoms with van der Waals surface area (Å²) >= 11 is 5.89. The van der Waals surface area contributed by atoms with Crippen molar-refractivity contribution in [2.24, 2.45) is 5.73 Å². The predicted molar refractivity (Wildman–Crippen MR) is 68.4 cm³/mol. The van der Waals surface area contributed by atoms with E-state index in [0.717, 1.165) is 30.0 Å². The Labute approximate surface area is 105 Å². The molecule has 0 saturated carbocycles. The lowest BCUT2D eigenvalue weighted by molar-refractivity contribution is 0.558. The zero-order valence-corrected chi connectivity index (χ0v) is 10.2. The minimum Gasteiger partial charge on any atom is -0.324 e. The van der Waals surface area contributed by atoms with Crippen molar-refractivity contribution >= 4 is 11.6 Å². The highest BCUT2D eigenvalue weighted by molar-refractivity contribution is 6.30. The molecule has 0 radical (unpaired) electrons. The maximum Gasteiger partial charge on any atom is 0.0649 e. The van der Waals surface area contributed by atoms with Gasteiger partial charge in [-0.3, -0.25) is 0 Å². The Balaban J connectivity index is 2.07. The number of halogens is 1. The number of aromatic nitrogens is 2. The van der Waals surface area contributed by atoms with Crippen molar-refractivity contribution in [1.29, 1.82) is 0 Å². The van der Waals surface area contributed by atoms with Gasteiger partial charge in [0.1, 0.15) is 0 Å². The summed E-state index contributed by atoms with van der Waals surface area (Å²) in [7, 11) is 0. The van der Waals surface area contributed by atoms with Gasteiger partial charge in [0.2, 0.25) is 0 Å². The van der Waals surface area contributed by atoms with Crippen molar-refractivity contribution in [1.82, 2.24) is 9.78 Å². The molecule has 1 atom stereocenters. The molecule has 0 bridgehead atoms. The number of hydrogen-bond acceptors (Lipinski definition) is 2. The zero-order valence-electron chi connectivity index (χ0n) is 9.44. The summed E-state index contributed by atoms with van der Waals surface area (Å²) in [5.41, 5.74) is 9.56. The molecule has 1 heterocycles. The molecule has 0 aliphatic heterocycles. The number of benzene rings is 1. The summed E-state index contributed by atoms with van der Waals surface area (Å²) in [6, 6.07) is 7.87. The van der Waals surface area contributed by atoms with Crippen LogP contribution in [0, 0.1) is 0 Å². The lowest BCUT2D eigenvalue weighted by Crippen LogP contribution is -2.17. The van der Waals surface area contributed by atoms with Crippen molar-refractivity contribution in [3.63, 3.8) is 0 Å². The van der Waals surface area contributed by atoms with Crippen molar-refractivity contribution < 1.29 is 0 Å². The molecular formula is C13H14ClN3. The fraction of sp³-hybridized carbons (Fsp3) is 0.308. The number of fused-ring (bicyclic) bond motifs is 1. The van der Waals surface area contributed by atoms with Crippen LogP contribution in [0.3, 0.4) is 0 Å². The molecule has 3 nitrogen and oxygen atoms in total. The average Bonchev–Trinajstić information content (AvgIpc) is 2.75. The van der Waals surface area contributed by atoms with Crippen LogP contribution in [-0.2, 0) is 6.42 Å². The van der Waals surface area contributed by atoms with Crippen LogP contribution in [0.15, 0.2) is 30.5 Å². The number of hydrogen-bond donors (Lipinski definition) is 1. The molecule has 0 amide bonds. The van der Waals surface area contributed by atoms with E-state index in [0.29, 0.717) is 0 Å². The number of nitrogens with two attached hydrogens (primary N) is 1. The highest BCUT2D eigenvalue weighted by Gasteiger charge is 2.21. The van der Waals surface area contributed by atoms with E-state index in [-0.39, 0.29) is 6.04 Å². The first-order valence-electron chi connectivity index (χ1n) is 5.84. The Morgan fingerprint density at radius 2 is 2.06 bits per heavy atom. The Bertz CT molecular complexity index is 530. The Morgan fingerprint density at radius 3 is 2.82 bits per heavy atom. The number of rotatable bonds is 1. The van der Waals surface area contributed by atoms with Gasteiger partial charge in [-0.15, -0.1) is 0 Å². The standard InChI is InChI=1S/C13H14ClN3/c14-9-4-6-10(7-5-9)17-13-3-1-2-12(15)11(13)8-16-17/h4-8,12H,1-3,15H2. The van der Waals surface area contributed by atoms with E-state index < -0.39 is 0 Å². The molecule has 4 heteroatoms. The monoisotopic (exact) mass is 247 g/mol. The molecule has 1 unspecified atom stereocenters. The van der Waals surface area contributed by atoms with E-state index in [1.54, 1.807) is 0 Å². The Hall–Kier alpha value is -1.32. The van der Waals surface area contributed by atoms with Gasteiger partial charge in [-0.25, -0.2) is 4.68 Å². The molecule has 2 N–H and O–H groups in total. The summed E-state index contributed by atoms with van der Waals surface area (Å²) < 4.78 is 1.98. The second kappa shape index (κ2) is 4.17. The van der Waals surface area contributed by atoms with Crippen LogP contribution < -0.4 is 5.73 Å². The molecular weight excluding hydrogens is 234 g/mol. The first-order valence-corrected chi connectivity index (χ1v) is 6.22. The van der Waals surface area contributed by atoms with Crippen LogP contribution in [0.25, 0.3) is 5.69 Å². The van der Waals surface area contributed by atoms with Crippen LogP contribution in [0.2, 0.25) is 5.02 Å². The third-order valence-corrected chi connectivity index (χ3v) is 3.55. The van der Waals surface area contributed by atoms with E-state index in [4.69, 9.17) is 17.3 Å². The zero-order chi connectivity index (χ0) is 11.8. The van der Waals surface area contributed by atoms with Crippen LogP contribution in [0.4, 0.5) is 0 Å². The van der Waals surface area contributed by atoms with Gasteiger partial charge >= 0.3 is 0 Å². The molecule has 2 aromatic rings. The third-order valence-electron chi connectivity index (χ3n) is 3.30. The minimum absolute atomic E-state index is 0.139. The summed E-state index contributed by atoms with van der Waals surface area (Å²) in [6.45, 7) is 0. The molecule has 88 valence electrons. The average molecular weight is 248 g/mol. The normalized spacial score (nSPS) is 19.1. The second-order valence-electron chi connectivity index (χ2n) is 4.43. The molecule has 1 aliphatic carbocycles. The smallest absolute Gasteiger partial charge is 0.0649 e. The Morgan fingerprint density at radius 1 is 1.29 bits per heavy atom. The Kier molecular flexibility index (Phi) is 2.65. The third kappa shape index (κ3) is 1.85. The first kappa shape index (κ1) is 10.8. The molecule has 0 saturated heterocycles. The summed E-state index contributed by atoms with van der Waals surface area (Å²) in [4.78, 5) is 0. The van der Waals surface area contributed by atoms with Gasteiger partial charge in [0, 0.05) is 22.3 Å². The van der Waals surface area contributed by atoms with Gasteiger partial charge in [0.15, 0.2) is 0 Å². The molecule has 1 aromatic heterocycles. The van der Waals surface area contributed by atoms with Crippen LogP contribution in [-0.4, -0.2) is 9.78 Å².